The van der Waals surface area contributed by atoms with Crippen LogP contribution in [0.5, 0.6) is 5.75 Å². The lowest BCUT2D eigenvalue weighted by Gasteiger charge is -2.31. The van der Waals surface area contributed by atoms with Gasteiger partial charge in [0.05, 0.1) is 19.8 Å². The number of Topliss-reactive ketones (excluding diaryl/α,β-unsaturated/α-hetero) is 1. The Morgan fingerprint density at radius 2 is 1.32 bits per heavy atom. The molecule has 0 aliphatic heterocycles. The number of ether oxygens (including phenoxy) is 2. The molecule has 2 saturated carbocycles. The second-order valence-corrected chi connectivity index (χ2v) is 9.79. The number of nitrogens with one attached hydrogen (secondary N) is 1. The number of ketones is 1. The first kappa shape index (κ1) is 32.4. The van der Waals surface area contributed by atoms with Gasteiger partial charge in [-0.05, 0) is 50.8 Å². The van der Waals surface area contributed by atoms with Crippen LogP contribution in [0.1, 0.15) is 105 Å². The highest BCUT2D eigenvalue weighted by Crippen LogP contribution is 2.29. The average Bonchev–Trinajstić information content (AvgIpc) is 3.24. The summed E-state index contributed by atoms with van der Waals surface area (Å²) in [6, 6.07) is 4.12. The van der Waals surface area contributed by atoms with Gasteiger partial charge < -0.3 is 25.6 Å². The standard InChI is InChI=1S/C18H23NO5.C9H17NO2.ClH/c1-12(20)14-8-7-13(11-15(14)21)16(22)19-18(17(23)24-2)9-5-3-4-6-10-18;1-12-8(11)9(10)6-4-2-3-5-7-9;/h7-8,11,21H,3-6,9-10H2,1-2H3,(H,19,22);2-7,10H2,1H3;1H. The van der Waals surface area contributed by atoms with E-state index in [1.54, 1.807) is 0 Å². The summed E-state index contributed by atoms with van der Waals surface area (Å²) in [6.07, 6.45) is 10.8. The molecule has 0 aromatic heterocycles. The molecule has 0 spiro atoms. The molecule has 1 aromatic rings. The molecule has 4 N–H and O–H groups in total. The molecule has 208 valence electrons. The van der Waals surface area contributed by atoms with Gasteiger partial charge in [0.2, 0.25) is 0 Å². The fraction of sp³-hybridized carbons (Fsp3) is 0.630. The van der Waals surface area contributed by atoms with E-state index >= 15 is 0 Å². The second-order valence-electron chi connectivity index (χ2n) is 9.79. The van der Waals surface area contributed by atoms with E-state index in [9.17, 15) is 24.3 Å². The maximum Gasteiger partial charge on any atom is 0.331 e. The zero-order chi connectivity index (χ0) is 26.8. The Bertz CT molecular complexity index is 935. The fourth-order valence-corrected chi connectivity index (χ4v) is 4.93. The molecule has 9 nitrogen and oxygen atoms in total. The maximum atomic E-state index is 12.6. The molecule has 2 aliphatic carbocycles. The van der Waals surface area contributed by atoms with Crippen LogP contribution in [0.15, 0.2) is 18.2 Å². The van der Waals surface area contributed by atoms with Gasteiger partial charge in [-0.1, -0.05) is 51.4 Å². The van der Waals surface area contributed by atoms with Crippen molar-refractivity contribution in [1.29, 1.82) is 0 Å². The van der Waals surface area contributed by atoms with Crippen molar-refractivity contribution >= 4 is 36.0 Å². The van der Waals surface area contributed by atoms with E-state index in [4.69, 9.17) is 10.5 Å². The first-order valence-electron chi connectivity index (χ1n) is 12.7. The number of carbonyl (C=O) groups is 4. The van der Waals surface area contributed by atoms with Crippen molar-refractivity contribution in [2.24, 2.45) is 5.73 Å². The van der Waals surface area contributed by atoms with Gasteiger partial charge >= 0.3 is 11.9 Å². The Balaban J connectivity index is 0.000000445. The predicted octanol–water partition coefficient (Wildman–Crippen LogP) is 4.22. The van der Waals surface area contributed by atoms with E-state index in [2.05, 4.69) is 10.1 Å². The molecule has 37 heavy (non-hydrogen) atoms. The number of nitrogens with two attached hydrogens (primary N) is 1. The number of methoxy groups -OCH3 is 2. The van der Waals surface area contributed by atoms with Gasteiger partial charge in [-0.3, -0.25) is 14.4 Å². The molecule has 0 bridgehead atoms. The summed E-state index contributed by atoms with van der Waals surface area (Å²) in [6.45, 7) is 1.34. The highest BCUT2D eigenvalue weighted by Gasteiger charge is 2.41. The topological polar surface area (TPSA) is 145 Å². The maximum absolute atomic E-state index is 12.6. The molecule has 10 heteroatoms. The van der Waals surface area contributed by atoms with E-state index in [1.807, 2.05) is 0 Å². The average molecular weight is 541 g/mol. The van der Waals surface area contributed by atoms with E-state index < -0.39 is 23.0 Å². The Morgan fingerprint density at radius 3 is 1.76 bits per heavy atom. The zero-order valence-corrected chi connectivity index (χ0v) is 22.9. The van der Waals surface area contributed by atoms with Crippen LogP contribution in [-0.4, -0.2) is 54.0 Å². The van der Waals surface area contributed by atoms with Crippen molar-refractivity contribution in [1.82, 2.24) is 5.32 Å². The van der Waals surface area contributed by atoms with Crippen molar-refractivity contribution in [3.05, 3.63) is 29.3 Å². The monoisotopic (exact) mass is 540 g/mol. The molecule has 0 saturated heterocycles. The number of aromatic hydroxyl groups is 1. The lowest BCUT2D eigenvalue weighted by Crippen LogP contribution is -2.54. The minimum absolute atomic E-state index is 0. The first-order chi connectivity index (χ1) is 17.1. The molecule has 0 unspecified atom stereocenters. The lowest BCUT2D eigenvalue weighted by molar-refractivity contribution is -0.149. The van der Waals surface area contributed by atoms with Crippen LogP contribution in [0.2, 0.25) is 0 Å². The first-order valence-corrected chi connectivity index (χ1v) is 12.7. The van der Waals surface area contributed by atoms with Crippen molar-refractivity contribution < 1.29 is 33.8 Å². The van der Waals surface area contributed by atoms with Crippen molar-refractivity contribution in [2.75, 3.05) is 14.2 Å². The molecule has 2 aliphatic rings. The normalized spacial score (nSPS) is 18.3. The van der Waals surface area contributed by atoms with Crippen LogP contribution in [0, 0.1) is 0 Å². The number of benzene rings is 1. The number of hydrogen-bond acceptors (Lipinski definition) is 8. The molecule has 2 fully saturated rings. The summed E-state index contributed by atoms with van der Waals surface area (Å²) in [5.41, 5.74) is 4.57. The van der Waals surface area contributed by atoms with Gasteiger partial charge in [0.15, 0.2) is 5.78 Å². The quantitative estimate of drug-likeness (QED) is 0.286. The molecule has 0 heterocycles. The number of esters is 2. The third-order valence-corrected chi connectivity index (χ3v) is 7.11. The number of rotatable bonds is 5. The number of amides is 1. The molecular weight excluding hydrogens is 500 g/mol. The zero-order valence-electron chi connectivity index (χ0n) is 22.1. The highest BCUT2D eigenvalue weighted by atomic mass is 35.5. The predicted molar refractivity (Wildman–Crippen MR) is 142 cm³/mol. The second kappa shape index (κ2) is 14.9. The molecule has 3 rings (SSSR count). The van der Waals surface area contributed by atoms with Crippen LogP contribution in [0.25, 0.3) is 0 Å². The summed E-state index contributed by atoms with van der Waals surface area (Å²) >= 11 is 0. The third kappa shape index (κ3) is 8.71. The molecule has 1 aromatic carbocycles. The summed E-state index contributed by atoms with van der Waals surface area (Å²) < 4.78 is 9.60. The number of halogens is 1. The summed E-state index contributed by atoms with van der Waals surface area (Å²) in [5, 5.41) is 12.7. The van der Waals surface area contributed by atoms with Crippen LogP contribution in [0.4, 0.5) is 0 Å². The number of phenols is 1. The van der Waals surface area contributed by atoms with Crippen molar-refractivity contribution in [3.8, 4) is 5.75 Å². The van der Waals surface area contributed by atoms with Gasteiger partial charge in [0, 0.05) is 5.56 Å². The van der Waals surface area contributed by atoms with E-state index in [0.717, 1.165) is 51.4 Å². The Labute approximate surface area is 225 Å². The molecular formula is C27H41ClN2O7. The van der Waals surface area contributed by atoms with Gasteiger partial charge in [-0.25, -0.2) is 4.79 Å². The van der Waals surface area contributed by atoms with E-state index in [-0.39, 0.29) is 41.0 Å². The largest absolute Gasteiger partial charge is 0.507 e. The Morgan fingerprint density at radius 1 is 0.838 bits per heavy atom. The molecule has 0 atom stereocenters. The summed E-state index contributed by atoms with van der Waals surface area (Å²) in [5.74, 6) is -1.68. The van der Waals surface area contributed by atoms with Gasteiger partial charge in [0.25, 0.3) is 5.91 Å². The number of phenolic OH excluding ortho intramolecular Hbond substituents is 1. The van der Waals surface area contributed by atoms with Crippen LogP contribution >= 0.6 is 12.4 Å². The SMILES string of the molecule is COC(=O)C1(N)CCCCCC1.COC(=O)C1(NC(=O)c2ccc(C(C)=O)c(O)c2)CCCCCC1.Cl. The lowest BCUT2D eigenvalue weighted by atomic mass is 9.89. The minimum atomic E-state index is -1.03. The number of carbonyl (C=O) groups excluding carboxylic acids is 4. The summed E-state index contributed by atoms with van der Waals surface area (Å²) in [4.78, 5) is 47.5. The fourth-order valence-electron chi connectivity index (χ4n) is 4.93. The highest BCUT2D eigenvalue weighted by molar-refractivity contribution is 6.01. The Kier molecular flexibility index (Phi) is 13.1. The smallest absolute Gasteiger partial charge is 0.331 e. The van der Waals surface area contributed by atoms with Crippen molar-refractivity contribution in [3.63, 3.8) is 0 Å². The number of hydrogen-bond donors (Lipinski definition) is 3. The van der Waals surface area contributed by atoms with E-state index in [1.165, 1.54) is 52.2 Å². The van der Waals surface area contributed by atoms with Gasteiger partial charge in [0.1, 0.15) is 16.8 Å². The van der Waals surface area contributed by atoms with Crippen LogP contribution in [0.3, 0.4) is 0 Å². The van der Waals surface area contributed by atoms with Crippen molar-refractivity contribution in [2.45, 2.75) is 95.1 Å². The molecule has 1 amide bonds. The van der Waals surface area contributed by atoms with Gasteiger partial charge in [-0.2, -0.15) is 0 Å². The Hall–Kier alpha value is -2.65. The van der Waals surface area contributed by atoms with Crippen LogP contribution in [-0.2, 0) is 19.1 Å². The van der Waals surface area contributed by atoms with E-state index in [0.29, 0.717) is 12.8 Å². The summed E-state index contributed by atoms with van der Waals surface area (Å²) in [7, 11) is 2.72. The third-order valence-electron chi connectivity index (χ3n) is 7.11. The molecule has 0 radical (unpaired) electrons. The van der Waals surface area contributed by atoms with Crippen LogP contribution < -0.4 is 11.1 Å². The van der Waals surface area contributed by atoms with Gasteiger partial charge in [-0.15, -0.1) is 12.4 Å². The minimum Gasteiger partial charge on any atom is -0.507 e.